The highest BCUT2D eigenvalue weighted by Gasteiger charge is 1.78. The first kappa shape index (κ1) is 10.2. The fourth-order valence-corrected chi connectivity index (χ4v) is 0.969. The van der Waals surface area contributed by atoms with Gasteiger partial charge in [-0.05, 0) is 11.6 Å². The maximum absolute atomic E-state index is 9.92. The van der Waals surface area contributed by atoms with Gasteiger partial charge in [0.15, 0.2) is 0 Å². The van der Waals surface area contributed by atoms with Gasteiger partial charge in [-0.3, -0.25) is 4.79 Å². The third-order valence-electron chi connectivity index (χ3n) is 1.61. The molecule has 0 bridgehead atoms. The van der Waals surface area contributed by atoms with Crippen LogP contribution in [0.4, 0.5) is 0 Å². The van der Waals surface area contributed by atoms with Crippen LogP contribution in [0.1, 0.15) is 5.56 Å². The van der Waals surface area contributed by atoms with Crippen LogP contribution in [0.15, 0.2) is 60.7 Å². The molecule has 0 heterocycles. The van der Waals surface area contributed by atoms with Gasteiger partial charge in [0.2, 0.25) is 0 Å². The van der Waals surface area contributed by atoms with E-state index in [1.165, 1.54) is 6.08 Å². The summed E-state index contributed by atoms with van der Waals surface area (Å²) in [5, 5.41) is 0. The Bertz CT molecular complexity index is 345. The Morgan fingerprint density at radius 2 is 1.43 bits per heavy atom. The zero-order valence-electron chi connectivity index (χ0n) is 7.84. The Kier molecular flexibility index (Phi) is 4.81. The predicted octanol–water partition coefficient (Wildman–Crippen LogP) is 3.01. The highest BCUT2D eigenvalue weighted by atomic mass is 16.1. The van der Waals surface area contributed by atoms with Crippen LogP contribution < -0.4 is 0 Å². The fraction of sp³-hybridized carbons (Fsp3) is 0. The van der Waals surface area contributed by atoms with E-state index in [2.05, 4.69) is 0 Å². The zero-order chi connectivity index (χ0) is 10.1. The highest BCUT2D eigenvalue weighted by Crippen LogP contribution is 2.00. The van der Waals surface area contributed by atoms with Crippen molar-refractivity contribution >= 4 is 12.4 Å². The molecule has 0 radical (unpaired) electrons. The van der Waals surface area contributed by atoms with E-state index in [1.54, 1.807) is 6.08 Å². The Morgan fingerprint density at radius 3 is 2.14 bits per heavy atom. The lowest BCUT2D eigenvalue weighted by molar-refractivity contribution is -0.104. The smallest absolute Gasteiger partial charge is 0.142 e. The number of benzene rings is 1. The van der Waals surface area contributed by atoms with Crippen molar-refractivity contribution < 1.29 is 4.79 Å². The van der Waals surface area contributed by atoms with Crippen molar-refractivity contribution in [2.24, 2.45) is 0 Å². The molecule has 1 aromatic rings. The van der Waals surface area contributed by atoms with Crippen LogP contribution >= 0.6 is 0 Å². The van der Waals surface area contributed by atoms with Gasteiger partial charge >= 0.3 is 0 Å². The van der Waals surface area contributed by atoms with Gasteiger partial charge in [0.25, 0.3) is 0 Å². The quantitative estimate of drug-likeness (QED) is 0.399. The predicted molar refractivity (Wildman–Crippen MR) is 59.8 cm³/mol. The van der Waals surface area contributed by atoms with E-state index in [-0.39, 0.29) is 0 Å². The van der Waals surface area contributed by atoms with Gasteiger partial charge in [-0.15, -0.1) is 0 Å². The number of carbonyl (C=O) groups is 1. The van der Waals surface area contributed by atoms with Gasteiger partial charge in [-0.25, -0.2) is 0 Å². The van der Waals surface area contributed by atoms with Crippen molar-refractivity contribution in [3.05, 3.63) is 66.3 Å². The molecule has 0 N–H and O–H groups in total. The summed E-state index contributed by atoms with van der Waals surface area (Å²) in [4.78, 5) is 9.92. The van der Waals surface area contributed by atoms with Crippen molar-refractivity contribution in [1.82, 2.24) is 0 Å². The van der Waals surface area contributed by atoms with Gasteiger partial charge in [0, 0.05) is 0 Å². The number of aldehydes is 1. The lowest BCUT2D eigenvalue weighted by atomic mass is 10.2. The van der Waals surface area contributed by atoms with Crippen LogP contribution in [-0.2, 0) is 4.79 Å². The number of rotatable bonds is 4. The third kappa shape index (κ3) is 4.21. The zero-order valence-corrected chi connectivity index (χ0v) is 7.84. The van der Waals surface area contributed by atoms with Crippen molar-refractivity contribution in [1.29, 1.82) is 0 Å². The molecule has 0 fully saturated rings. The lowest BCUT2D eigenvalue weighted by Crippen LogP contribution is -1.66. The Hall–Kier alpha value is -1.89. The van der Waals surface area contributed by atoms with Crippen molar-refractivity contribution in [2.75, 3.05) is 0 Å². The SMILES string of the molecule is O=CC=CC=CC=Cc1ccccc1. The van der Waals surface area contributed by atoms with E-state index in [0.29, 0.717) is 0 Å². The molecule has 0 atom stereocenters. The average Bonchev–Trinajstić information content (AvgIpc) is 2.25. The summed E-state index contributed by atoms with van der Waals surface area (Å²) in [5.74, 6) is 0. The molecule has 0 unspecified atom stereocenters. The van der Waals surface area contributed by atoms with Crippen molar-refractivity contribution in [2.45, 2.75) is 0 Å². The second kappa shape index (κ2) is 6.61. The third-order valence-corrected chi connectivity index (χ3v) is 1.61. The summed E-state index contributed by atoms with van der Waals surface area (Å²) in [6, 6.07) is 10.0. The minimum Gasteiger partial charge on any atom is -0.299 e. The molecule has 0 aliphatic carbocycles. The Labute approximate surface area is 84.1 Å². The van der Waals surface area contributed by atoms with Crippen LogP contribution in [0.5, 0.6) is 0 Å². The molecule has 1 rings (SSSR count). The second-order valence-electron chi connectivity index (χ2n) is 2.68. The molecule has 0 amide bonds. The molecule has 0 spiro atoms. The summed E-state index contributed by atoms with van der Waals surface area (Å²) in [6.45, 7) is 0. The van der Waals surface area contributed by atoms with E-state index in [0.717, 1.165) is 11.8 Å². The molecule has 70 valence electrons. The summed E-state index contributed by atoms with van der Waals surface area (Å²) in [6.07, 6.45) is 11.5. The minimum atomic E-state index is 0.755. The number of hydrogen-bond donors (Lipinski definition) is 0. The van der Waals surface area contributed by atoms with Gasteiger partial charge in [-0.1, -0.05) is 60.7 Å². The van der Waals surface area contributed by atoms with Gasteiger partial charge in [0.1, 0.15) is 6.29 Å². The Morgan fingerprint density at radius 1 is 0.786 bits per heavy atom. The molecule has 1 heteroatoms. The maximum atomic E-state index is 9.92. The summed E-state index contributed by atoms with van der Waals surface area (Å²) in [5.41, 5.74) is 1.16. The lowest BCUT2D eigenvalue weighted by Gasteiger charge is -1.87. The van der Waals surface area contributed by atoms with Gasteiger partial charge in [0.05, 0.1) is 0 Å². The van der Waals surface area contributed by atoms with Crippen LogP contribution in [0.25, 0.3) is 6.08 Å². The first-order valence-corrected chi connectivity index (χ1v) is 4.44. The minimum absolute atomic E-state index is 0.755. The summed E-state index contributed by atoms with van der Waals surface area (Å²) >= 11 is 0. The highest BCUT2D eigenvalue weighted by molar-refractivity contribution is 5.65. The number of allylic oxidation sites excluding steroid dienone is 5. The van der Waals surface area contributed by atoms with Crippen LogP contribution in [0.3, 0.4) is 0 Å². The second-order valence-corrected chi connectivity index (χ2v) is 2.68. The molecule has 0 aliphatic rings. The van der Waals surface area contributed by atoms with Gasteiger partial charge in [-0.2, -0.15) is 0 Å². The van der Waals surface area contributed by atoms with E-state index in [1.807, 2.05) is 54.6 Å². The number of carbonyl (C=O) groups excluding carboxylic acids is 1. The number of hydrogen-bond acceptors (Lipinski definition) is 1. The van der Waals surface area contributed by atoms with Crippen molar-refractivity contribution in [3.8, 4) is 0 Å². The first-order chi connectivity index (χ1) is 6.93. The monoisotopic (exact) mass is 184 g/mol. The molecular weight excluding hydrogens is 172 g/mol. The maximum Gasteiger partial charge on any atom is 0.142 e. The van der Waals surface area contributed by atoms with Gasteiger partial charge < -0.3 is 0 Å². The van der Waals surface area contributed by atoms with Crippen LogP contribution in [0.2, 0.25) is 0 Å². The molecule has 0 aromatic heterocycles. The van der Waals surface area contributed by atoms with E-state index >= 15 is 0 Å². The molecule has 1 nitrogen and oxygen atoms in total. The van der Waals surface area contributed by atoms with E-state index in [4.69, 9.17) is 0 Å². The topological polar surface area (TPSA) is 17.1 Å². The van der Waals surface area contributed by atoms with Crippen LogP contribution in [-0.4, -0.2) is 6.29 Å². The molecule has 0 saturated carbocycles. The average molecular weight is 184 g/mol. The van der Waals surface area contributed by atoms with Crippen LogP contribution in [0, 0.1) is 0 Å². The Balaban J connectivity index is 2.45. The molecule has 1 aromatic carbocycles. The molecule has 0 aliphatic heterocycles. The van der Waals surface area contributed by atoms with Crippen molar-refractivity contribution in [3.63, 3.8) is 0 Å². The molecule has 14 heavy (non-hydrogen) atoms. The van der Waals surface area contributed by atoms with E-state index < -0.39 is 0 Å². The largest absolute Gasteiger partial charge is 0.299 e. The fourth-order valence-electron chi connectivity index (χ4n) is 0.969. The standard InChI is InChI=1S/C13H12O/c14-12-8-3-1-2-5-9-13-10-6-4-7-11-13/h1-12H. The molecule has 0 saturated heterocycles. The summed E-state index contributed by atoms with van der Waals surface area (Å²) < 4.78 is 0. The summed E-state index contributed by atoms with van der Waals surface area (Å²) in [7, 11) is 0. The molecular formula is C13H12O. The first-order valence-electron chi connectivity index (χ1n) is 4.44. The van der Waals surface area contributed by atoms with E-state index in [9.17, 15) is 4.79 Å². The normalized spacial score (nSPS) is 11.7.